The van der Waals surface area contributed by atoms with Gasteiger partial charge in [-0.2, -0.15) is 4.37 Å². The maximum Gasteiger partial charge on any atom is 0.148 e. The molecule has 0 unspecified atom stereocenters. The summed E-state index contributed by atoms with van der Waals surface area (Å²) in [4.78, 5) is 4.49. The first-order valence-corrected chi connectivity index (χ1v) is 7.85. The quantitative estimate of drug-likeness (QED) is 0.770. The molecule has 0 atom stereocenters. The highest BCUT2D eigenvalue weighted by molar-refractivity contribution is 7.11. The average molecular weight is 302 g/mol. The van der Waals surface area contributed by atoms with Crippen LogP contribution in [0.3, 0.4) is 0 Å². The fourth-order valence-electron chi connectivity index (χ4n) is 1.93. The third-order valence-corrected chi connectivity index (χ3v) is 4.48. The van der Waals surface area contributed by atoms with E-state index in [1.807, 2.05) is 30.5 Å². The third kappa shape index (κ3) is 2.66. The van der Waals surface area contributed by atoms with Crippen LogP contribution in [0.15, 0.2) is 35.7 Å². The molecule has 102 valence electrons. The number of hydrogen-bond acceptors (Lipinski definition) is 6. The zero-order valence-electron chi connectivity index (χ0n) is 11.0. The first-order valence-electron chi connectivity index (χ1n) is 6.19. The van der Waals surface area contributed by atoms with E-state index in [0.29, 0.717) is 5.82 Å². The molecule has 3 rings (SSSR count). The first kappa shape index (κ1) is 13.1. The molecule has 0 amide bonds. The van der Waals surface area contributed by atoms with Crippen LogP contribution >= 0.6 is 22.9 Å². The highest BCUT2D eigenvalue weighted by Crippen LogP contribution is 2.37. The van der Waals surface area contributed by atoms with E-state index >= 15 is 0 Å². The molecule has 0 spiro atoms. The SMILES string of the molecule is Cc1nc(-c2c(N)nsc2NCc2ccccc2)cs1. The lowest BCUT2D eigenvalue weighted by atomic mass is 10.2. The van der Waals surface area contributed by atoms with Crippen molar-refractivity contribution in [2.24, 2.45) is 0 Å². The van der Waals surface area contributed by atoms with Crippen molar-refractivity contribution >= 4 is 33.7 Å². The van der Waals surface area contributed by atoms with Gasteiger partial charge in [0.15, 0.2) is 0 Å². The monoisotopic (exact) mass is 302 g/mol. The summed E-state index contributed by atoms with van der Waals surface area (Å²) in [5, 5.41) is 7.41. The normalized spacial score (nSPS) is 10.7. The smallest absolute Gasteiger partial charge is 0.148 e. The summed E-state index contributed by atoms with van der Waals surface area (Å²) in [6.45, 7) is 2.74. The van der Waals surface area contributed by atoms with Gasteiger partial charge in [0.2, 0.25) is 0 Å². The minimum Gasteiger partial charge on any atom is -0.382 e. The van der Waals surface area contributed by atoms with Gasteiger partial charge in [0.05, 0.1) is 16.3 Å². The van der Waals surface area contributed by atoms with Crippen LogP contribution in [0.5, 0.6) is 0 Å². The number of nitrogen functional groups attached to an aromatic ring is 1. The number of hydrogen-bond donors (Lipinski definition) is 2. The number of benzene rings is 1. The van der Waals surface area contributed by atoms with Crippen molar-refractivity contribution in [3.63, 3.8) is 0 Å². The summed E-state index contributed by atoms with van der Waals surface area (Å²) in [5.74, 6) is 0.538. The van der Waals surface area contributed by atoms with E-state index in [0.717, 1.165) is 27.8 Å². The molecule has 20 heavy (non-hydrogen) atoms. The number of nitrogens with two attached hydrogens (primary N) is 1. The number of aryl methyl sites for hydroxylation is 1. The summed E-state index contributed by atoms with van der Waals surface area (Å²) < 4.78 is 4.24. The van der Waals surface area contributed by atoms with Crippen molar-refractivity contribution in [3.05, 3.63) is 46.3 Å². The second-order valence-corrected chi connectivity index (χ2v) is 6.20. The lowest BCUT2D eigenvalue weighted by Crippen LogP contribution is -1.99. The number of anilines is 2. The molecule has 4 nitrogen and oxygen atoms in total. The molecule has 2 heterocycles. The molecular weight excluding hydrogens is 288 g/mol. The number of rotatable bonds is 4. The molecule has 0 saturated carbocycles. The second-order valence-electron chi connectivity index (χ2n) is 4.36. The van der Waals surface area contributed by atoms with Gasteiger partial charge in [0.25, 0.3) is 0 Å². The molecule has 1 aromatic carbocycles. The molecule has 0 radical (unpaired) electrons. The van der Waals surface area contributed by atoms with E-state index < -0.39 is 0 Å². The van der Waals surface area contributed by atoms with E-state index in [2.05, 4.69) is 26.8 Å². The Morgan fingerprint density at radius 3 is 2.75 bits per heavy atom. The molecule has 0 fully saturated rings. The Kier molecular flexibility index (Phi) is 3.66. The van der Waals surface area contributed by atoms with Gasteiger partial charge in [-0.05, 0) is 24.0 Å². The molecule has 0 aliphatic carbocycles. The van der Waals surface area contributed by atoms with Gasteiger partial charge < -0.3 is 11.1 Å². The lowest BCUT2D eigenvalue weighted by molar-refractivity contribution is 1.16. The Balaban J connectivity index is 1.84. The van der Waals surface area contributed by atoms with Crippen molar-refractivity contribution in [1.29, 1.82) is 0 Å². The molecular formula is C14H14N4S2. The predicted octanol–water partition coefficient (Wildman–Crippen LogP) is 3.77. The molecule has 0 saturated heterocycles. The van der Waals surface area contributed by atoms with Crippen LogP contribution in [0.2, 0.25) is 0 Å². The van der Waals surface area contributed by atoms with Crippen LogP contribution in [0, 0.1) is 6.92 Å². The average Bonchev–Trinajstić information content (AvgIpc) is 3.03. The van der Waals surface area contributed by atoms with Crippen LogP contribution < -0.4 is 11.1 Å². The van der Waals surface area contributed by atoms with Crippen molar-refractivity contribution in [1.82, 2.24) is 9.36 Å². The van der Waals surface area contributed by atoms with Gasteiger partial charge in [0, 0.05) is 11.9 Å². The largest absolute Gasteiger partial charge is 0.382 e. The van der Waals surface area contributed by atoms with E-state index in [9.17, 15) is 0 Å². The number of aromatic nitrogens is 2. The van der Waals surface area contributed by atoms with Crippen LogP contribution in [0.25, 0.3) is 11.3 Å². The minimum absolute atomic E-state index is 0.538. The van der Waals surface area contributed by atoms with E-state index in [4.69, 9.17) is 5.73 Å². The van der Waals surface area contributed by atoms with Crippen molar-refractivity contribution in [2.75, 3.05) is 11.1 Å². The summed E-state index contributed by atoms with van der Waals surface area (Å²) in [6.07, 6.45) is 0. The maximum atomic E-state index is 5.98. The number of thiazole rings is 1. The first-order chi connectivity index (χ1) is 9.74. The van der Waals surface area contributed by atoms with Crippen LogP contribution in [-0.4, -0.2) is 9.36 Å². The standard InChI is InChI=1S/C14H14N4S2/c1-9-17-11(8-19-9)12-13(15)18-20-14(12)16-7-10-5-3-2-4-6-10/h2-6,8,16H,7H2,1H3,(H2,15,18). The topological polar surface area (TPSA) is 63.8 Å². The van der Waals surface area contributed by atoms with E-state index in [1.165, 1.54) is 17.1 Å². The van der Waals surface area contributed by atoms with Crippen LogP contribution in [0.4, 0.5) is 10.8 Å². The molecule has 3 N–H and O–H groups in total. The lowest BCUT2D eigenvalue weighted by Gasteiger charge is -2.05. The Bertz CT molecular complexity index is 703. The number of nitrogens with one attached hydrogen (secondary N) is 1. The zero-order valence-corrected chi connectivity index (χ0v) is 12.6. The van der Waals surface area contributed by atoms with E-state index in [-0.39, 0.29) is 0 Å². The van der Waals surface area contributed by atoms with Gasteiger partial charge in [-0.3, -0.25) is 0 Å². The highest BCUT2D eigenvalue weighted by Gasteiger charge is 2.15. The van der Waals surface area contributed by atoms with Crippen LogP contribution in [0.1, 0.15) is 10.6 Å². The minimum atomic E-state index is 0.538. The van der Waals surface area contributed by atoms with E-state index in [1.54, 1.807) is 11.3 Å². The predicted molar refractivity (Wildman–Crippen MR) is 86.1 cm³/mol. The Hall–Kier alpha value is -1.92. The van der Waals surface area contributed by atoms with Gasteiger partial charge >= 0.3 is 0 Å². The van der Waals surface area contributed by atoms with Gasteiger partial charge in [-0.1, -0.05) is 30.3 Å². The molecule has 0 aliphatic heterocycles. The maximum absolute atomic E-state index is 5.98. The number of nitrogens with zero attached hydrogens (tertiary/aromatic N) is 2. The second kappa shape index (κ2) is 5.60. The van der Waals surface area contributed by atoms with Gasteiger partial charge in [-0.25, -0.2) is 4.98 Å². The highest BCUT2D eigenvalue weighted by atomic mass is 32.1. The van der Waals surface area contributed by atoms with Gasteiger partial charge in [-0.15, -0.1) is 11.3 Å². The summed E-state index contributed by atoms with van der Waals surface area (Å²) >= 11 is 2.99. The molecule has 6 heteroatoms. The molecule has 2 aromatic heterocycles. The molecule has 3 aromatic rings. The Labute approximate surface area is 125 Å². The van der Waals surface area contributed by atoms with Crippen molar-refractivity contribution in [2.45, 2.75) is 13.5 Å². The van der Waals surface area contributed by atoms with Gasteiger partial charge in [0.1, 0.15) is 10.8 Å². The fraction of sp³-hybridized carbons (Fsp3) is 0.143. The molecule has 0 bridgehead atoms. The summed E-state index contributed by atoms with van der Waals surface area (Å²) in [6, 6.07) is 10.2. The molecule has 0 aliphatic rings. The Morgan fingerprint density at radius 2 is 2.05 bits per heavy atom. The fourth-order valence-corrected chi connectivity index (χ4v) is 3.25. The third-order valence-electron chi connectivity index (χ3n) is 2.89. The van der Waals surface area contributed by atoms with Crippen LogP contribution in [-0.2, 0) is 6.54 Å². The summed E-state index contributed by atoms with van der Waals surface area (Å²) in [5.41, 5.74) is 9.01. The van der Waals surface area contributed by atoms with Crippen molar-refractivity contribution in [3.8, 4) is 11.3 Å². The zero-order chi connectivity index (χ0) is 13.9. The Morgan fingerprint density at radius 1 is 1.25 bits per heavy atom. The summed E-state index contributed by atoms with van der Waals surface area (Å²) in [7, 11) is 0. The van der Waals surface area contributed by atoms with Crippen molar-refractivity contribution < 1.29 is 0 Å².